The number of esters is 1. The molecule has 7 heteroatoms. The first-order valence-corrected chi connectivity index (χ1v) is 7.65. The van der Waals surface area contributed by atoms with Crippen molar-refractivity contribution in [3.63, 3.8) is 0 Å². The van der Waals surface area contributed by atoms with Crippen molar-refractivity contribution in [3.8, 4) is 0 Å². The standard InChI is InChI=1S/C14H15N3O3S/c1-20-12(18)11-5-3-2-4-9(11)8-21-14-16-15-13(19)17(14)10-6-7-10/h2-5,10H,6-8H2,1H3,(H,15,19). The molecule has 0 spiro atoms. The number of nitrogens with one attached hydrogen (secondary N) is 1. The van der Waals surface area contributed by atoms with Crippen LogP contribution in [0.25, 0.3) is 0 Å². The van der Waals surface area contributed by atoms with Gasteiger partial charge in [-0.05, 0) is 24.5 Å². The van der Waals surface area contributed by atoms with Gasteiger partial charge >= 0.3 is 11.7 Å². The first-order chi connectivity index (χ1) is 10.2. The number of thioether (sulfide) groups is 1. The Kier molecular flexibility index (Phi) is 3.83. The molecule has 0 atom stereocenters. The number of hydrogen-bond acceptors (Lipinski definition) is 5. The lowest BCUT2D eigenvalue weighted by Crippen LogP contribution is -2.16. The lowest BCUT2D eigenvalue weighted by atomic mass is 10.1. The van der Waals surface area contributed by atoms with Gasteiger partial charge in [0, 0.05) is 11.8 Å². The molecular weight excluding hydrogens is 290 g/mol. The maximum Gasteiger partial charge on any atom is 0.344 e. The molecule has 0 radical (unpaired) electrons. The number of aromatic nitrogens is 3. The molecule has 21 heavy (non-hydrogen) atoms. The molecule has 1 aromatic heterocycles. The van der Waals surface area contributed by atoms with Crippen LogP contribution in [0.2, 0.25) is 0 Å². The molecule has 110 valence electrons. The first kappa shape index (κ1) is 13.9. The third-order valence-electron chi connectivity index (χ3n) is 3.36. The normalized spacial score (nSPS) is 14.1. The van der Waals surface area contributed by atoms with Crippen molar-refractivity contribution in [3.05, 3.63) is 45.9 Å². The highest BCUT2D eigenvalue weighted by Gasteiger charge is 2.28. The van der Waals surface area contributed by atoms with Gasteiger partial charge in [-0.2, -0.15) is 0 Å². The fourth-order valence-electron chi connectivity index (χ4n) is 2.14. The third kappa shape index (κ3) is 2.87. The van der Waals surface area contributed by atoms with E-state index in [1.807, 2.05) is 12.1 Å². The average Bonchev–Trinajstić information content (AvgIpc) is 3.28. The predicted molar refractivity (Wildman–Crippen MR) is 78.5 cm³/mol. The Balaban J connectivity index is 1.79. The van der Waals surface area contributed by atoms with Gasteiger partial charge in [-0.1, -0.05) is 30.0 Å². The molecule has 0 saturated heterocycles. The van der Waals surface area contributed by atoms with Gasteiger partial charge in [-0.3, -0.25) is 4.57 Å². The zero-order valence-corrected chi connectivity index (χ0v) is 12.4. The Morgan fingerprint density at radius 1 is 1.48 bits per heavy atom. The zero-order valence-electron chi connectivity index (χ0n) is 11.5. The molecule has 1 heterocycles. The van der Waals surface area contributed by atoms with E-state index in [0.29, 0.717) is 16.5 Å². The van der Waals surface area contributed by atoms with Crippen LogP contribution in [0.3, 0.4) is 0 Å². The van der Waals surface area contributed by atoms with E-state index in [1.165, 1.54) is 18.9 Å². The highest BCUT2D eigenvalue weighted by molar-refractivity contribution is 7.98. The van der Waals surface area contributed by atoms with Crippen molar-refractivity contribution in [2.24, 2.45) is 0 Å². The van der Waals surface area contributed by atoms with Crippen molar-refractivity contribution in [2.75, 3.05) is 7.11 Å². The summed E-state index contributed by atoms with van der Waals surface area (Å²) in [5.74, 6) is 0.204. The predicted octanol–water partition coefficient (Wildman–Crippen LogP) is 1.99. The van der Waals surface area contributed by atoms with Gasteiger partial charge in [-0.25, -0.2) is 14.7 Å². The minimum absolute atomic E-state index is 0.166. The van der Waals surface area contributed by atoms with Crippen LogP contribution < -0.4 is 5.69 Å². The third-order valence-corrected chi connectivity index (χ3v) is 4.37. The fraction of sp³-hybridized carbons (Fsp3) is 0.357. The molecule has 0 bridgehead atoms. The molecule has 0 amide bonds. The number of aromatic amines is 1. The van der Waals surface area contributed by atoms with Crippen molar-refractivity contribution < 1.29 is 9.53 Å². The van der Waals surface area contributed by atoms with Crippen LogP contribution in [0.15, 0.2) is 34.2 Å². The maximum absolute atomic E-state index is 11.7. The zero-order chi connectivity index (χ0) is 14.8. The highest BCUT2D eigenvalue weighted by atomic mass is 32.2. The van der Waals surface area contributed by atoms with Gasteiger partial charge in [0.05, 0.1) is 12.7 Å². The van der Waals surface area contributed by atoms with Crippen molar-refractivity contribution in [1.29, 1.82) is 0 Å². The molecule has 1 aromatic carbocycles. The van der Waals surface area contributed by atoms with Gasteiger partial charge in [0.2, 0.25) is 0 Å². The molecule has 3 rings (SSSR count). The molecular formula is C14H15N3O3S. The largest absolute Gasteiger partial charge is 0.465 e. The second kappa shape index (κ2) is 5.77. The lowest BCUT2D eigenvalue weighted by molar-refractivity contribution is 0.0600. The second-order valence-electron chi connectivity index (χ2n) is 4.85. The number of rotatable bonds is 5. The summed E-state index contributed by atoms with van der Waals surface area (Å²) in [5.41, 5.74) is 1.25. The maximum atomic E-state index is 11.7. The molecule has 0 unspecified atom stereocenters. The Hall–Kier alpha value is -2.02. The Bertz CT molecular complexity index is 718. The average molecular weight is 305 g/mol. The van der Waals surface area contributed by atoms with Gasteiger partial charge in [0.1, 0.15) is 0 Å². The number of benzene rings is 1. The van der Waals surface area contributed by atoms with E-state index in [4.69, 9.17) is 4.74 Å². The molecule has 2 aromatic rings. The summed E-state index contributed by atoms with van der Waals surface area (Å²) < 4.78 is 6.48. The second-order valence-corrected chi connectivity index (χ2v) is 5.79. The quantitative estimate of drug-likeness (QED) is 0.675. The summed E-state index contributed by atoms with van der Waals surface area (Å²) in [6.07, 6.45) is 2.04. The molecule has 1 saturated carbocycles. The molecule has 0 aliphatic heterocycles. The fourth-order valence-corrected chi connectivity index (χ4v) is 3.16. The van der Waals surface area contributed by atoms with Gasteiger partial charge in [-0.15, -0.1) is 5.10 Å². The van der Waals surface area contributed by atoms with Gasteiger partial charge < -0.3 is 4.74 Å². The van der Waals surface area contributed by atoms with Crippen LogP contribution in [0.5, 0.6) is 0 Å². The monoisotopic (exact) mass is 305 g/mol. The first-order valence-electron chi connectivity index (χ1n) is 6.66. The summed E-state index contributed by atoms with van der Waals surface area (Å²) in [6.45, 7) is 0. The minimum Gasteiger partial charge on any atom is -0.465 e. The summed E-state index contributed by atoms with van der Waals surface area (Å²) in [7, 11) is 1.37. The molecule has 1 aliphatic carbocycles. The van der Waals surface area contributed by atoms with E-state index in [9.17, 15) is 9.59 Å². The highest BCUT2D eigenvalue weighted by Crippen LogP contribution is 2.36. The van der Waals surface area contributed by atoms with E-state index in [2.05, 4.69) is 10.2 Å². The minimum atomic E-state index is -0.354. The van der Waals surface area contributed by atoms with Crippen LogP contribution in [0.1, 0.15) is 34.8 Å². The number of ether oxygens (including phenoxy) is 1. The Morgan fingerprint density at radius 3 is 2.95 bits per heavy atom. The number of H-pyrrole nitrogens is 1. The Morgan fingerprint density at radius 2 is 2.24 bits per heavy atom. The summed E-state index contributed by atoms with van der Waals surface area (Å²) >= 11 is 1.44. The van der Waals surface area contributed by atoms with E-state index in [-0.39, 0.29) is 17.7 Å². The molecule has 1 N–H and O–H groups in total. The van der Waals surface area contributed by atoms with Crippen LogP contribution in [-0.4, -0.2) is 27.8 Å². The van der Waals surface area contributed by atoms with E-state index >= 15 is 0 Å². The smallest absolute Gasteiger partial charge is 0.344 e. The summed E-state index contributed by atoms with van der Waals surface area (Å²) in [6, 6.07) is 7.57. The number of carbonyl (C=O) groups is 1. The number of methoxy groups -OCH3 is 1. The molecule has 1 fully saturated rings. The van der Waals surface area contributed by atoms with Crippen LogP contribution in [-0.2, 0) is 10.5 Å². The van der Waals surface area contributed by atoms with Crippen molar-refractivity contribution in [2.45, 2.75) is 29.8 Å². The van der Waals surface area contributed by atoms with Gasteiger partial charge in [0.25, 0.3) is 0 Å². The number of hydrogen-bond donors (Lipinski definition) is 1. The van der Waals surface area contributed by atoms with Crippen molar-refractivity contribution in [1.82, 2.24) is 14.8 Å². The Labute approximate surface area is 125 Å². The van der Waals surface area contributed by atoms with E-state index in [0.717, 1.165) is 18.4 Å². The van der Waals surface area contributed by atoms with Crippen LogP contribution in [0, 0.1) is 0 Å². The lowest BCUT2D eigenvalue weighted by Gasteiger charge is -2.07. The van der Waals surface area contributed by atoms with Gasteiger partial charge in [0.15, 0.2) is 5.16 Å². The molecule has 6 nitrogen and oxygen atoms in total. The topological polar surface area (TPSA) is 77.0 Å². The van der Waals surface area contributed by atoms with Crippen LogP contribution in [0.4, 0.5) is 0 Å². The van der Waals surface area contributed by atoms with E-state index in [1.54, 1.807) is 16.7 Å². The molecule has 1 aliphatic rings. The number of nitrogens with zero attached hydrogens (tertiary/aromatic N) is 2. The SMILES string of the molecule is COC(=O)c1ccccc1CSc1n[nH]c(=O)n1C1CC1. The summed E-state index contributed by atoms with van der Waals surface area (Å²) in [4.78, 5) is 23.4. The van der Waals surface area contributed by atoms with Crippen LogP contribution >= 0.6 is 11.8 Å². The van der Waals surface area contributed by atoms with Crippen molar-refractivity contribution >= 4 is 17.7 Å². The number of carbonyl (C=O) groups excluding carboxylic acids is 1. The summed E-state index contributed by atoms with van der Waals surface area (Å²) in [5, 5.41) is 7.22. The van der Waals surface area contributed by atoms with E-state index < -0.39 is 0 Å².